The van der Waals surface area contributed by atoms with E-state index in [0.29, 0.717) is 10.6 Å². The van der Waals surface area contributed by atoms with Crippen molar-refractivity contribution in [2.24, 2.45) is 0 Å². The van der Waals surface area contributed by atoms with E-state index in [1.54, 1.807) is 37.6 Å². The fourth-order valence-electron chi connectivity index (χ4n) is 2.14. The van der Waals surface area contributed by atoms with Gasteiger partial charge in [0.2, 0.25) is 0 Å². The lowest BCUT2D eigenvalue weighted by Crippen LogP contribution is -2.37. The summed E-state index contributed by atoms with van der Waals surface area (Å²) in [4.78, 5) is 16.1. The molecule has 0 saturated heterocycles. The summed E-state index contributed by atoms with van der Waals surface area (Å²) in [5.41, 5.74) is 1.48. The van der Waals surface area contributed by atoms with Crippen molar-refractivity contribution in [3.8, 4) is 0 Å². The van der Waals surface area contributed by atoms with E-state index in [4.69, 9.17) is 16.3 Å². The van der Waals surface area contributed by atoms with Crippen molar-refractivity contribution < 1.29 is 9.53 Å². The minimum absolute atomic E-state index is 0.174. The molecule has 2 aromatic rings. The minimum atomic E-state index is -0.247. The first-order valence-corrected chi connectivity index (χ1v) is 6.98. The number of hydrogen-bond acceptors (Lipinski definition) is 3. The van der Waals surface area contributed by atoms with E-state index in [9.17, 15) is 4.79 Å². The van der Waals surface area contributed by atoms with Crippen molar-refractivity contribution in [3.63, 3.8) is 0 Å². The first-order chi connectivity index (χ1) is 10.1. The van der Waals surface area contributed by atoms with Gasteiger partial charge in [0.25, 0.3) is 5.91 Å². The molecule has 0 aliphatic carbocycles. The van der Waals surface area contributed by atoms with Crippen molar-refractivity contribution >= 4 is 17.5 Å². The van der Waals surface area contributed by atoms with Gasteiger partial charge in [0.15, 0.2) is 0 Å². The largest absolute Gasteiger partial charge is 0.375 e. The van der Waals surface area contributed by atoms with Crippen LogP contribution in [-0.4, -0.2) is 24.0 Å². The number of benzene rings is 1. The van der Waals surface area contributed by atoms with Crippen LogP contribution >= 0.6 is 11.6 Å². The molecule has 5 heteroatoms. The normalized spacial score (nSPS) is 13.5. The number of nitrogens with one attached hydrogen (secondary N) is 1. The molecule has 0 radical (unpaired) electrons. The average Bonchev–Trinajstić information content (AvgIpc) is 2.50. The topological polar surface area (TPSA) is 51.2 Å². The number of amides is 1. The van der Waals surface area contributed by atoms with E-state index in [1.807, 2.05) is 19.1 Å². The highest BCUT2D eigenvalue weighted by Gasteiger charge is 2.21. The molecule has 1 N–H and O–H groups in total. The third-order valence-electron chi connectivity index (χ3n) is 3.19. The lowest BCUT2D eigenvalue weighted by molar-refractivity contribution is 0.0645. The number of ether oxygens (including phenoxy) is 1. The van der Waals surface area contributed by atoms with Crippen molar-refractivity contribution in [1.82, 2.24) is 10.3 Å². The minimum Gasteiger partial charge on any atom is -0.375 e. The van der Waals surface area contributed by atoms with Crippen molar-refractivity contribution in [2.45, 2.75) is 19.1 Å². The third-order valence-corrected chi connectivity index (χ3v) is 3.44. The first-order valence-electron chi connectivity index (χ1n) is 6.61. The van der Waals surface area contributed by atoms with Crippen molar-refractivity contribution in [1.29, 1.82) is 0 Å². The Hall–Kier alpha value is -1.91. The van der Waals surface area contributed by atoms with Gasteiger partial charge >= 0.3 is 0 Å². The standard InChI is InChI=1S/C16H17ClN2O2/c1-11(19-16(20)13-4-3-9-18-10-13)15(21-2)12-5-7-14(17)8-6-12/h3-11,15H,1-2H3,(H,19,20)/t11-,15-/m1/s1. The van der Waals surface area contributed by atoms with E-state index < -0.39 is 0 Å². The van der Waals surface area contributed by atoms with Gasteiger partial charge in [-0.1, -0.05) is 23.7 Å². The molecule has 1 amide bonds. The number of carbonyl (C=O) groups excluding carboxylic acids is 1. The SMILES string of the molecule is CO[C@@H](c1ccc(Cl)cc1)[C@@H](C)NC(=O)c1cccnc1. The van der Waals surface area contributed by atoms with Crippen LogP contribution in [-0.2, 0) is 4.74 Å². The van der Waals surface area contributed by atoms with Gasteiger partial charge in [-0.05, 0) is 36.8 Å². The number of hydrogen-bond donors (Lipinski definition) is 1. The molecule has 21 heavy (non-hydrogen) atoms. The summed E-state index contributed by atoms with van der Waals surface area (Å²) in [5, 5.41) is 3.59. The summed E-state index contributed by atoms with van der Waals surface area (Å²) in [6.45, 7) is 1.90. The lowest BCUT2D eigenvalue weighted by atomic mass is 10.0. The Morgan fingerprint density at radius 2 is 2.00 bits per heavy atom. The second kappa shape index (κ2) is 7.20. The summed E-state index contributed by atoms with van der Waals surface area (Å²) >= 11 is 5.89. The Kier molecular flexibility index (Phi) is 5.31. The molecule has 1 aromatic heterocycles. The second-order valence-corrected chi connectivity index (χ2v) is 5.15. The van der Waals surface area contributed by atoms with Gasteiger partial charge in [-0.15, -0.1) is 0 Å². The molecule has 1 aromatic carbocycles. The van der Waals surface area contributed by atoms with E-state index in [2.05, 4.69) is 10.3 Å². The van der Waals surface area contributed by atoms with Crippen molar-refractivity contribution in [3.05, 3.63) is 64.9 Å². The number of nitrogens with zero attached hydrogens (tertiary/aromatic N) is 1. The van der Waals surface area contributed by atoms with Crippen molar-refractivity contribution in [2.75, 3.05) is 7.11 Å². The maximum absolute atomic E-state index is 12.1. The Bertz CT molecular complexity index is 587. The zero-order valence-electron chi connectivity index (χ0n) is 11.9. The average molecular weight is 305 g/mol. The maximum atomic E-state index is 12.1. The molecule has 0 aliphatic heterocycles. The van der Waals surface area contributed by atoms with E-state index in [0.717, 1.165) is 5.56 Å². The predicted octanol–water partition coefficient (Wildman–Crippen LogP) is 3.24. The molecular formula is C16H17ClN2O2. The van der Waals surface area contributed by atoms with Gasteiger partial charge in [0.1, 0.15) is 6.10 Å². The lowest BCUT2D eigenvalue weighted by Gasteiger charge is -2.24. The molecule has 4 nitrogen and oxygen atoms in total. The highest BCUT2D eigenvalue weighted by molar-refractivity contribution is 6.30. The molecule has 0 fully saturated rings. The Balaban J connectivity index is 2.08. The Morgan fingerprint density at radius 1 is 1.29 bits per heavy atom. The highest BCUT2D eigenvalue weighted by Crippen LogP contribution is 2.22. The fourth-order valence-corrected chi connectivity index (χ4v) is 2.27. The Morgan fingerprint density at radius 3 is 2.57 bits per heavy atom. The summed E-state index contributed by atoms with van der Waals surface area (Å²) in [6, 6.07) is 10.7. The number of halogens is 1. The van der Waals surface area contributed by atoms with Gasteiger partial charge in [0, 0.05) is 24.5 Å². The molecule has 0 saturated carbocycles. The number of carbonyl (C=O) groups is 1. The van der Waals surface area contributed by atoms with Crippen LogP contribution in [0.25, 0.3) is 0 Å². The molecule has 2 atom stereocenters. The van der Waals surface area contributed by atoms with Gasteiger partial charge < -0.3 is 10.1 Å². The van der Waals surface area contributed by atoms with Crippen LogP contribution in [0.1, 0.15) is 28.9 Å². The van der Waals surface area contributed by atoms with Gasteiger partial charge in [-0.25, -0.2) is 0 Å². The van der Waals surface area contributed by atoms with Crippen LogP contribution in [0.4, 0.5) is 0 Å². The van der Waals surface area contributed by atoms with Crippen LogP contribution < -0.4 is 5.32 Å². The van der Waals surface area contributed by atoms with E-state index >= 15 is 0 Å². The molecule has 0 aliphatic rings. The predicted molar refractivity (Wildman–Crippen MR) is 82.4 cm³/mol. The molecule has 110 valence electrons. The van der Waals surface area contributed by atoms with E-state index in [-0.39, 0.29) is 18.1 Å². The summed E-state index contributed by atoms with van der Waals surface area (Å²) < 4.78 is 5.50. The molecule has 1 heterocycles. The summed E-state index contributed by atoms with van der Waals surface area (Å²) in [5.74, 6) is -0.174. The molecule has 2 rings (SSSR count). The fraction of sp³-hybridized carbons (Fsp3) is 0.250. The second-order valence-electron chi connectivity index (χ2n) is 4.71. The molecule has 0 unspecified atom stereocenters. The zero-order chi connectivity index (χ0) is 15.2. The monoisotopic (exact) mass is 304 g/mol. The number of rotatable bonds is 5. The Labute approximate surface area is 129 Å². The van der Waals surface area contributed by atoms with Crippen LogP contribution in [0.15, 0.2) is 48.8 Å². The zero-order valence-corrected chi connectivity index (χ0v) is 12.7. The van der Waals surface area contributed by atoms with Crippen LogP contribution in [0.3, 0.4) is 0 Å². The smallest absolute Gasteiger partial charge is 0.253 e. The van der Waals surface area contributed by atoms with Gasteiger partial charge in [-0.3, -0.25) is 9.78 Å². The first kappa shape index (κ1) is 15.5. The summed E-state index contributed by atoms with van der Waals surface area (Å²) in [6.07, 6.45) is 2.92. The van der Waals surface area contributed by atoms with Crippen LogP contribution in [0, 0.1) is 0 Å². The maximum Gasteiger partial charge on any atom is 0.253 e. The quantitative estimate of drug-likeness (QED) is 0.922. The highest BCUT2D eigenvalue weighted by atomic mass is 35.5. The van der Waals surface area contributed by atoms with Crippen LogP contribution in [0.2, 0.25) is 5.02 Å². The molecular weight excluding hydrogens is 288 g/mol. The van der Waals surface area contributed by atoms with Crippen LogP contribution in [0.5, 0.6) is 0 Å². The summed E-state index contributed by atoms with van der Waals surface area (Å²) in [7, 11) is 1.62. The molecule has 0 spiro atoms. The molecule has 0 bridgehead atoms. The number of aromatic nitrogens is 1. The third kappa shape index (κ3) is 4.03. The number of pyridine rings is 1. The van der Waals surface area contributed by atoms with E-state index in [1.165, 1.54) is 6.20 Å². The number of methoxy groups -OCH3 is 1. The van der Waals surface area contributed by atoms with Gasteiger partial charge in [-0.2, -0.15) is 0 Å². The van der Waals surface area contributed by atoms with Gasteiger partial charge in [0.05, 0.1) is 11.6 Å².